The van der Waals surface area contributed by atoms with Crippen LogP contribution in [0.1, 0.15) is 10.4 Å². The lowest BCUT2D eigenvalue weighted by molar-refractivity contribution is 0.102. The van der Waals surface area contributed by atoms with Crippen LogP contribution in [0.4, 0.5) is 11.4 Å². The molecule has 0 aliphatic carbocycles. The maximum absolute atomic E-state index is 12.5. The van der Waals surface area contributed by atoms with Crippen molar-refractivity contribution in [1.29, 1.82) is 0 Å². The van der Waals surface area contributed by atoms with Gasteiger partial charge in [0.2, 0.25) is 0 Å². The maximum atomic E-state index is 12.5. The number of para-hydroxylation sites is 1. The number of ketones is 1. The van der Waals surface area contributed by atoms with Gasteiger partial charge >= 0.3 is 0 Å². The summed E-state index contributed by atoms with van der Waals surface area (Å²) in [4.78, 5) is 13.5. The van der Waals surface area contributed by atoms with Crippen molar-refractivity contribution in [1.82, 2.24) is 0 Å². The molecule has 5 nitrogen and oxygen atoms in total. The second-order valence-electron chi connectivity index (χ2n) is 6.25. The van der Waals surface area contributed by atoms with E-state index in [4.69, 9.17) is 21.7 Å². The van der Waals surface area contributed by atoms with E-state index in [1.165, 1.54) is 11.8 Å². The zero-order valence-electron chi connectivity index (χ0n) is 16.7. The number of anilines is 2. The Morgan fingerprint density at radius 1 is 0.867 bits per heavy atom. The lowest BCUT2D eigenvalue weighted by atomic mass is 10.1. The summed E-state index contributed by atoms with van der Waals surface area (Å²) in [6.07, 6.45) is 0. The third kappa shape index (κ3) is 5.98. The highest BCUT2D eigenvalue weighted by atomic mass is 32.2. The van der Waals surface area contributed by atoms with Gasteiger partial charge < -0.3 is 20.1 Å². The topological polar surface area (TPSA) is 59.6 Å². The maximum Gasteiger partial charge on any atom is 0.175 e. The lowest BCUT2D eigenvalue weighted by Gasteiger charge is -2.11. The van der Waals surface area contributed by atoms with E-state index in [2.05, 4.69) is 10.6 Å². The molecule has 0 aliphatic heterocycles. The van der Waals surface area contributed by atoms with Crippen LogP contribution in [0, 0.1) is 0 Å². The van der Waals surface area contributed by atoms with Gasteiger partial charge in [0.25, 0.3) is 0 Å². The Hall–Kier alpha value is -3.03. The van der Waals surface area contributed by atoms with Gasteiger partial charge in [0.15, 0.2) is 22.4 Å². The van der Waals surface area contributed by atoms with Gasteiger partial charge in [0.05, 0.1) is 20.0 Å². The van der Waals surface area contributed by atoms with Crippen molar-refractivity contribution in [2.45, 2.75) is 4.90 Å². The Balaban J connectivity index is 1.53. The first-order valence-electron chi connectivity index (χ1n) is 9.20. The molecule has 0 amide bonds. The molecule has 0 radical (unpaired) electrons. The van der Waals surface area contributed by atoms with E-state index < -0.39 is 0 Å². The summed E-state index contributed by atoms with van der Waals surface area (Å²) in [5, 5.41) is 6.80. The normalized spacial score (nSPS) is 10.2. The van der Waals surface area contributed by atoms with Gasteiger partial charge in [0.1, 0.15) is 0 Å². The first-order valence-corrected chi connectivity index (χ1v) is 10.6. The van der Waals surface area contributed by atoms with Gasteiger partial charge in [-0.3, -0.25) is 4.79 Å². The summed E-state index contributed by atoms with van der Waals surface area (Å²) < 4.78 is 10.5. The molecule has 3 aromatic carbocycles. The summed E-state index contributed by atoms with van der Waals surface area (Å²) in [6, 6.07) is 22.7. The number of benzene rings is 3. The number of nitrogens with one attached hydrogen (secondary N) is 2. The standard InChI is InChI=1S/C23H22N2O3S2/c1-27-21-13-8-16(14-22(21)28-2)20(26)15-30-19-11-9-18(10-12-19)25-23(29)24-17-6-4-3-5-7-17/h3-14H,15H2,1-2H3,(H2,24,25,29). The fourth-order valence-corrected chi connectivity index (χ4v) is 3.72. The molecule has 0 bridgehead atoms. The molecule has 0 unspecified atom stereocenters. The van der Waals surface area contributed by atoms with E-state index in [1.54, 1.807) is 32.4 Å². The van der Waals surface area contributed by atoms with Gasteiger partial charge in [-0.2, -0.15) is 0 Å². The molecule has 0 heterocycles. The first-order chi connectivity index (χ1) is 14.6. The number of hydrogen-bond donors (Lipinski definition) is 2. The molecule has 0 saturated heterocycles. The minimum atomic E-state index is 0.0244. The molecule has 30 heavy (non-hydrogen) atoms. The monoisotopic (exact) mass is 438 g/mol. The van der Waals surface area contributed by atoms with Crippen LogP contribution in [0.5, 0.6) is 11.5 Å². The van der Waals surface area contributed by atoms with Gasteiger partial charge in [0, 0.05) is 21.8 Å². The Bertz CT molecular complexity index is 1010. The van der Waals surface area contributed by atoms with Crippen molar-refractivity contribution >= 4 is 46.3 Å². The molecule has 2 N–H and O–H groups in total. The number of thiocarbonyl (C=S) groups is 1. The highest BCUT2D eigenvalue weighted by Gasteiger charge is 2.11. The Morgan fingerprint density at radius 3 is 2.13 bits per heavy atom. The molecule has 0 aromatic heterocycles. The molecular weight excluding hydrogens is 416 g/mol. The number of ether oxygens (including phenoxy) is 2. The summed E-state index contributed by atoms with van der Waals surface area (Å²) in [5.74, 6) is 1.50. The average Bonchev–Trinajstić information content (AvgIpc) is 2.78. The smallest absolute Gasteiger partial charge is 0.175 e. The highest BCUT2D eigenvalue weighted by molar-refractivity contribution is 8.00. The third-order valence-corrected chi connectivity index (χ3v) is 5.44. The zero-order chi connectivity index (χ0) is 21.3. The van der Waals surface area contributed by atoms with E-state index in [-0.39, 0.29) is 5.78 Å². The molecule has 3 aromatic rings. The molecule has 154 valence electrons. The van der Waals surface area contributed by atoms with E-state index in [0.717, 1.165) is 16.3 Å². The van der Waals surface area contributed by atoms with Crippen molar-refractivity contribution in [3.05, 3.63) is 78.4 Å². The summed E-state index contributed by atoms with van der Waals surface area (Å²) in [5.41, 5.74) is 2.39. The van der Waals surface area contributed by atoms with E-state index in [9.17, 15) is 4.79 Å². The molecule has 0 atom stereocenters. The molecule has 0 fully saturated rings. The predicted octanol–water partition coefficient (Wildman–Crippen LogP) is 5.49. The average molecular weight is 439 g/mol. The number of Topliss-reactive ketones (excluding diaryl/α,β-unsaturated/α-hetero) is 1. The van der Waals surface area contributed by atoms with Gasteiger partial charge in [-0.05, 0) is 66.8 Å². The quantitative estimate of drug-likeness (QED) is 0.274. The van der Waals surface area contributed by atoms with Gasteiger partial charge in [-0.15, -0.1) is 11.8 Å². The fraction of sp³-hybridized carbons (Fsp3) is 0.130. The van der Waals surface area contributed by atoms with Crippen molar-refractivity contribution in [3.8, 4) is 11.5 Å². The molecular formula is C23H22N2O3S2. The van der Waals surface area contributed by atoms with E-state index in [0.29, 0.717) is 27.9 Å². The Kier molecular flexibility index (Phi) is 7.70. The van der Waals surface area contributed by atoms with Gasteiger partial charge in [-0.1, -0.05) is 18.2 Å². The number of thioether (sulfide) groups is 1. The summed E-state index contributed by atoms with van der Waals surface area (Å²) in [6.45, 7) is 0. The predicted molar refractivity (Wildman–Crippen MR) is 127 cm³/mol. The number of carbonyl (C=O) groups is 1. The van der Waals surface area contributed by atoms with Crippen LogP contribution >= 0.6 is 24.0 Å². The largest absolute Gasteiger partial charge is 0.493 e. The molecule has 0 spiro atoms. The lowest BCUT2D eigenvalue weighted by Crippen LogP contribution is -2.18. The van der Waals surface area contributed by atoms with Crippen molar-refractivity contribution < 1.29 is 14.3 Å². The van der Waals surface area contributed by atoms with Crippen LogP contribution in [0.2, 0.25) is 0 Å². The van der Waals surface area contributed by atoms with Crippen molar-refractivity contribution in [2.24, 2.45) is 0 Å². The Morgan fingerprint density at radius 2 is 1.50 bits per heavy atom. The van der Waals surface area contributed by atoms with Gasteiger partial charge in [-0.25, -0.2) is 0 Å². The van der Waals surface area contributed by atoms with Crippen LogP contribution in [0.15, 0.2) is 77.7 Å². The van der Waals surface area contributed by atoms with Crippen LogP contribution in [-0.2, 0) is 0 Å². The number of methoxy groups -OCH3 is 2. The first kappa shape index (κ1) is 21.7. The van der Waals surface area contributed by atoms with Crippen LogP contribution < -0.4 is 20.1 Å². The van der Waals surface area contributed by atoms with Crippen LogP contribution in [-0.4, -0.2) is 30.9 Å². The highest BCUT2D eigenvalue weighted by Crippen LogP contribution is 2.29. The fourth-order valence-electron chi connectivity index (χ4n) is 2.69. The van der Waals surface area contributed by atoms with E-state index >= 15 is 0 Å². The zero-order valence-corrected chi connectivity index (χ0v) is 18.3. The number of hydrogen-bond acceptors (Lipinski definition) is 5. The third-order valence-electron chi connectivity index (χ3n) is 4.22. The molecule has 0 saturated carbocycles. The van der Waals surface area contributed by atoms with Crippen molar-refractivity contribution in [2.75, 3.05) is 30.6 Å². The Labute approximate surface area is 185 Å². The second-order valence-corrected chi connectivity index (χ2v) is 7.71. The van der Waals surface area contributed by atoms with Crippen LogP contribution in [0.3, 0.4) is 0 Å². The second kappa shape index (κ2) is 10.7. The molecule has 0 aliphatic rings. The molecule has 3 rings (SSSR count). The minimum absolute atomic E-state index is 0.0244. The van der Waals surface area contributed by atoms with E-state index in [1.807, 2.05) is 54.6 Å². The molecule has 7 heteroatoms. The number of rotatable bonds is 8. The SMILES string of the molecule is COc1ccc(C(=O)CSc2ccc(NC(=S)Nc3ccccc3)cc2)cc1OC. The summed E-state index contributed by atoms with van der Waals surface area (Å²) >= 11 is 6.82. The number of carbonyl (C=O) groups excluding carboxylic acids is 1. The van der Waals surface area contributed by atoms with Crippen molar-refractivity contribution in [3.63, 3.8) is 0 Å². The van der Waals surface area contributed by atoms with Crippen LogP contribution in [0.25, 0.3) is 0 Å². The summed E-state index contributed by atoms with van der Waals surface area (Å²) in [7, 11) is 3.12. The minimum Gasteiger partial charge on any atom is -0.493 e.